The van der Waals surface area contributed by atoms with Crippen LogP contribution in [0.5, 0.6) is 0 Å². The van der Waals surface area contributed by atoms with Crippen molar-refractivity contribution in [3.8, 4) is 0 Å². The highest BCUT2D eigenvalue weighted by Gasteiger charge is 2.13. The minimum Gasteiger partial charge on any atom is -0.330 e. The topological polar surface area (TPSA) is 26.0 Å². The Hall–Kier alpha value is -0.600. The molecule has 0 aliphatic carbocycles. The molecule has 1 aromatic rings. The molecule has 2 N–H and O–H groups in total. The highest BCUT2D eigenvalue weighted by molar-refractivity contribution is 6.30. The molecule has 0 saturated heterocycles. The molecule has 0 heterocycles. The smallest absolute Gasteiger partial charge is 0.126 e. The number of nitrogens with two attached hydrogens (primary N) is 1. The summed E-state index contributed by atoms with van der Waals surface area (Å²) in [4.78, 5) is 0. The van der Waals surface area contributed by atoms with Crippen LogP contribution < -0.4 is 5.73 Å². The molecule has 0 saturated carbocycles. The molecule has 1 rings (SSSR count). The van der Waals surface area contributed by atoms with Crippen molar-refractivity contribution in [2.24, 2.45) is 17.6 Å². The summed E-state index contributed by atoms with van der Waals surface area (Å²) in [5.41, 5.74) is 6.37. The largest absolute Gasteiger partial charge is 0.330 e. The first-order chi connectivity index (χ1) is 7.52. The molecule has 0 aliphatic heterocycles. The Kier molecular flexibility index (Phi) is 5.23. The zero-order valence-corrected chi connectivity index (χ0v) is 10.6. The van der Waals surface area contributed by atoms with Crippen LogP contribution in [0, 0.1) is 17.7 Å². The Labute approximate surface area is 102 Å². The summed E-state index contributed by atoms with van der Waals surface area (Å²) in [6.45, 7) is 4.89. The second kappa shape index (κ2) is 6.21. The first-order valence-corrected chi connectivity index (χ1v) is 6.04. The van der Waals surface area contributed by atoms with Crippen LogP contribution >= 0.6 is 11.6 Å². The van der Waals surface area contributed by atoms with E-state index in [9.17, 15) is 4.39 Å². The lowest BCUT2D eigenvalue weighted by molar-refractivity contribution is 0.409. The predicted molar refractivity (Wildman–Crippen MR) is 67.1 cm³/mol. The quantitative estimate of drug-likeness (QED) is 0.840. The summed E-state index contributed by atoms with van der Waals surface area (Å²) in [6.07, 6.45) is 1.68. The van der Waals surface area contributed by atoms with Gasteiger partial charge in [0.2, 0.25) is 0 Å². The Morgan fingerprint density at radius 3 is 2.62 bits per heavy atom. The molecule has 0 amide bonds. The van der Waals surface area contributed by atoms with Gasteiger partial charge in [0.1, 0.15) is 5.82 Å². The minimum absolute atomic E-state index is 0.188. The average molecular weight is 244 g/mol. The van der Waals surface area contributed by atoms with Crippen LogP contribution in [-0.2, 0) is 6.42 Å². The SMILES string of the molecule is CC(C)CC(CN)Cc1cc(Cl)ccc1F. The van der Waals surface area contributed by atoms with E-state index in [4.69, 9.17) is 17.3 Å². The van der Waals surface area contributed by atoms with E-state index in [-0.39, 0.29) is 5.82 Å². The number of benzene rings is 1. The molecule has 1 atom stereocenters. The fourth-order valence-corrected chi connectivity index (χ4v) is 2.14. The zero-order valence-electron chi connectivity index (χ0n) is 9.84. The molecule has 16 heavy (non-hydrogen) atoms. The summed E-state index contributed by atoms with van der Waals surface area (Å²) in [7, 11) is 0. The maximum Gasteiger partial charge on any atom is 0.126 e. The van der Waals surface area contributed by atoms with Crippen LogP contribution in [0.1, 0.15) is 25.8 Å². The van der Waals surface area contributed by atoms with Crippen LogP contribution in [0.2, 0.25) is 5.02 Å². The lowest BCUT2D eigenvalue weighted by Gasteiger charge is -2.17. The van der Waals surface area contributed by atoms with E-state index in [1.165, 1.54) is 6.07 Å². The van der Waals surface area contributed by atoms with Gasteiger partial charge in [0.05, 0.1) is 0 Å². The Bertz CT molecular complexity index is 339. The molecule has 0 fully saturated rings. The third kappa shape index (κ3) is 4.11. The van der Waals surface area contributed by atoms with Gasteiger partial charge in [0, 0.05) is 5.02 Å². The van der Waals surface area contributed by atoms with Gasteiger partial charge >= 0.3 is 0 Å². The standard InChI is InChI=1S/C13H19ClFN/c1-9(2)5-10(8-16)6-11-7-12(14)3-4-13(11)15/h3-4,7,9-10H,5-6,8,16H2,1-2H3. The fraction of sp³-hybridized carbons (Fsp3) is 0.538. The van der Waals surface area contributed by atoms with Crippen molar-refractivity contribution in [1.82, 2.24) is 0 Å². The molecule has 0 aliphatic rings. The molecule has 0 bridgehead atoms. The minimum atomic E-state index is -0.188. The van der Waals surface area contributed by atoms with Gasteiger partial charge < -0.3 is 5.73 Å². The Morgan fingerprint density at radius 1 is 1.38 bits per heavy atom. The molecular formula is C13H19ClFN. The number of halogens is 2. The van der Waals surface area contributed by atoms with Crippen molar-refractivity contribution in [3.05, 3.63) is 34.6 Å². The first kappa shape index (κ1) is 13.5. The molecule has 1 nitrogen and oxygen atoms in total. The van der Waals surface area contributed by atoms with E-state index >= 15 is 0 Å². The molecule has 0 aromatic heterocycles. The van der Waals surface area contributed by atoms with Crippen LogP contribution in [0.3, 0.4) is 0 Å². The van der Waals surface area contributed by atoms with E-state index in [2.05, 4.69) is 13.8 Å². The van der Waals surface area contributed by atoms with E-state index in [0.717, 1.165) is 6.42 Å². The van der Waals surface area contributed by atoms with E-state index in [1.807, 2.05) is 0 Å². The van der Waals surface area contributed by atoms with E-state index < -0.39 is 0 Å². The normalized spacial score (nSPS) is 13.1. The van der Waals surface area contributed by atoms with Gasteiger partial charge in [-0.2, -0.15) is 0 Å². The summed E-state index contributed by atoms with van der Waals surface area (Å²) in [5.74, 6) is 0.718. The van der Waals surface area contributed by atoms with Crippen LogP contribution in [-0.4, -0.2) is 6.54 Å². The molecule has 0 spiro atoms. The van der Waals surface area contributed by atoms with Gasteiger partial charge in [-0.15, -0.1) is 0 Å². The van der Waals surface area contributed by atoms with Crippen molar-refractivity contribution >= 4 is 11.6 Å². The monoisotopic (exact) mass is 243 g/mol. The third-order valence-corrected chi connectivity index (χ3v) is 2.89. The first-order valence-electron chi connectivity index (χ1n) is 5.67. The molecule has 90 valence electrons. The molecule has 1 aromatic carbocycles. The van der Waals surface area contributed by atoms with Gasteiger partial charge in [0.15, 0.2) is 0 Å². The Balaban J connectivity index is 2.73. The van der Waals surface area contributed by atoms with E-state index in [1.54, 1.807) is 12.1 Å². The van der Waals surface area contributed by atoms with Gasteiger partial charge in [-0.1, -0.05) is 25.4 Å². The number of hydrogen-bond donors (Lipinski definition) is 1. The van der Waals surface area contributed by atoms with Crippen molar-refractivity contribution in [2.45, 2.75) is 26.7 Å². The van der Waals surface area contributed by atoms with Gasteiger partial charge in [0.25, 0.3) is 0 Å². The lowest BCUT2D eigenvalue weighted by Crippen LogP contribution is -2.19. The summed E-state index contributed by atoms with van der Waals surface area (Å²) < 4.78 is 13.5. The maximum absolute atomic E-state index is 13.5. The van der Waals surface area contributed by atoms with Crippen molar-refractivity contribution < 1.29 is 4.39 Å². The zero-order chi connectivity index (χ0) is 12.1. The second-order valence-corrected chi connectivity index (χ2v) is 5.11. The number of rotatable bonds is 5. The lowest BCUT2D eigenvalue weighted by atomic mass is 9.91. The highest BCUT2D eigenvalue weighted by Crippen LogP contribution is 2.21. The predicted octanol–water partition coefficient (Wildman–Crippen LogP) is 3.64. The third-order valence-electron chi connectivity index (χ3n) is 2.65. The fourth-order valence-electron chi connectivity index (χ4n) is 1.94. The highest BCUT2D eigenvalue weighted by atomic mass is 35.5. The Morgan fingerprint density at radius 2 is 2.06 bits per heavy atom. The molecular weight excluding hydrogens is 225 g/mol. The summed E-state index contributed by atoms with van der Waals surface area (Å²) >= 11 is 5.85. The second-order valence-electron chi connectivity index (χ2n) is 4.67. The van der Waals surface area contributed by atoms with Crippen molar-refractivity contribution in [3.63, 3.8) is 0 Å². The average Bonchev–Trinajstić information content (AvgIpc) is 2.21. The van der Waals surface area contributed by atoms with Crippen molar-refractivity contribution in [1.29, 1.82) is 0 Å². The number of hydrogen-bond acceptors (Lipinski definition) is 1. The molecule has 1 unspecified atom stereocenters. The van der Waals surface area contributed by atoms with E-state index in [0.29, 0.717) is 35.4 Å². The van der Waals surface area contributed by atoms with Gasteiger partial charge in [-0.25, -0.2) is 4.39 Å². The van der Waals surface area contributed by atoms with Crippen LogP contribution in [0.15, 0.2) is 18.2 Å². The van der Waals surface area contributed by atoms with Gasteiger partial charge in [-0.3, -0.25) is 0 Å². The maximum atomic E-state index is 13.5. The summed E-state index contributed by atoms with van der Waals surface area (Å²) in [5, 5.41) is 0.580. The van der Waals surface area contributed by atoms with Crippen LogP contribution in [0.4, 0.5) is 4.39 Å². The summed E-state index contributed by atoms with van der Waals surface area (Å²) in [6, 6.07) is 4.68. The van der Waals surface area contributed by atoms with Crippen molar-refractivity contribution in [2.75, 3.05) is 6.54 Å². The van der Waals surface area contributed by atoms with Gasteiger partial charge in [-0.05, 0) is 55.0 Å². The van der Waals surface area contributed by atoms with Crippen LogP contribution in [0.25, 0.3) is 0 Å². The molecule has 3 heteroatoms. The molecule has 0 radical (unpaired) electrons.